The number of carbonyl (C=O) groups excluding carboxylic acids is 4. The molecule has 0 aliphatic carbocycles. The fourth-order valence-corrected chi connectivity index (χ4v) is 16.3. The molecule has 0 bridgehead atoms. The van der Waals surface area contributed by atoms with Crippen molar-refractivity contribution in [2.45, 2.75) is 109 Å². The number of rotatable bonds is 16. The molecule has 6 aromatic carbocycles. The maximum absolute atomic E-state index is 14.3. The summed E-state index contributed by atoms with van der Waals surface area (Å²) in [5.41, 5.74) is 7.18. The second-order valence-electron chi connectivity index (χ2n) is 28.1. The molecule has 0 saturated carbocycles. The molecule has 0 radical (unpaired) electrons. The lowest BCUT2D eigenvalue weighted by Crippen LogP contribution is -2.47. The maximum Gasteiger partial charge on any atom is 0.573 e. The Labute approximate surface area is 593 Å². The molecule has 2 atom stereocenters. The summed E-state index contributed by atoms with van der Waals surface area (Å²) in [4.78, 5) is 81.9. The number of carbonyl (C=O) groups is 4. The highest BCUT2D eigenvalue weighted by atomic mass is 35.5. The molecule has 536 valence electrons. The molecule has 6 saturated heterocycles. The molecule has 6 fully saturated rings. The highest BCUT2D eigenvalue weighted by molar-refractivity contribution is 6.32. The second kappa shape index (κ2) is 30.7. The number of nitrogens with zero attached hydrogens (tertiary/aromatic N) is 6. The third kappa shape index (κ3) is 16.4. The van der Waals surface area contributed by atoms with Gasteiger partial charge < -0.3 is 39.0 Å². The Balaban J connectivity index is 0.000000182. The standard InChI is InChI=1S/C39H43ClFN5O4.C39H41F4N5O4/c1-44-22-32(31-21-27(41)3-8-30(31)39(44)49)26-19-34(40)33(36(20-26)50-2)23-45-15-11-24(12-16-45)25-13-17-46(18-14-25)29-6-4-28(5-7-29)42-35-9-10-37(47)43-38(35)48;1-46-23-33(32-21-28(40)4-9-31(32)38(46)51)26-2-3-27(35(20-26)52-39(41,42)43)22-47-16-12-24(13-17-47)25-14-18-48(19-15-25)30-7-5-29(6-8-30)44-34-10-11-36(49)45-37(34)50/h3-8,19-22,24-25,35,42H,9-18,23H2,1-2H3,(H,43,47,48);2-9,20-21,23-25,34,44H,10-19,22H2,1H3,(H,45,49,50). The van der Waals surface area contributed by atoms with Crippen molar-refractivity contribution in [3.63, 3.8) is 0 Å². The number of aryl methyl sites for hydroxylation is 2. The first-order chi connectivity index (χ1) is 49.1. The van der Waals surface area contributed by atoms with Crippen LogP contribution in [-0.2, 0) is 46.4 Å². The molecule has 4 amide bonds. The summed E-state index contributed by atoms with van der Waals surface area (Å²) in [7, 11) is 4.89. The molecule has 14 rings (SSSR count). The zero-order valence-electron chi connectivity index (χ0n) is 57.4. The van der Waals surface area contributed by atoms with Crippen LogP contribution >= 0.6 is 11.6 Å². The van der Waals surface area contributed by atoms with E-state index in [2.05, 4.69) is 69.9 Å². The third-order valence-corrected chi connectivity index (χ3v) is 22.0. The largest absolute Gasteiger partial charge is 0.573 e. The number of halogens is 6. The first-order valence-corrected chi connectivity index (χ1v) is 35.6. The molecule has 8 heterocycles. The Bertz CT molecular complexity index is 4560. The van der Waals surface area contributed by atoms with E-state index in [0.29, 0.717) is 106 Å². The average molecular weight is 1420 g/mol. The van der Waals surface area contributed by atoms with Gasteiger partial charge in [-0.25, -0.2) is 8.78 Å². The van der Waals surface area contributed by atoms with Gasteiger partial charge in [-0.1, -0.05) is 23.7 Å². The number of hydrogen-bond acceptors (Lipinski definition) is 14. The number of likely N-dealkylation sites (tertiary alicyclic amines) is 2. The van der Waals surface area contributed by atoms with Gasteiger partial charge in [-0.2, -0.15) is 0 Å². The second-order valence-corrected chi connectivity index (χ2v) is 28.5. The van der Waals surface area contributed by atoms with Crippen LogP contribution in [0.5, 0.6) is 11.5 Å². The van der Waals surface area contributed by atoms with E-state index >= 15 is 0 Å². The van der Waals surface area contributed by atoms with Gasteiger partial charge in [0.25, 0.3) is 11.1 Å². The number of alkyl halides is 3. The van der Waals surface area contributed by atoms with E-state index in [1.54, 1.807) is 39.5 Å². The molecule has 2 aromatic heterocycles. The van der Waals surface area contributed by atoms with Gasteiger partial charge in [0, 0.05) is 139 Å². The predicted octanol–water partition coefficient (Wildman–Crippen LogP) is 12.9. The summed E-state index contributed by atoms with van der Waals surface area (Å²) < 4.78 is 82.5. The minimum absolute atomic E-state index is 0.180. The van der Waals surface area contributed by atoms with Crippen molar-refractivity contribution in [3.8, 4) is 33.8 Å². The number of fused-ring (bicyclic) bond motifs is 2. The number of amides is 4. The number of hydrogen-bond donors (Lipinski definition) is 4. The minimum atomic E-state index is -4.90. The summed E-state index contributed by atoms with van der Waals surface area (Å²) in [6, 6.07) is 32.0. The Hall–Kier alpha value is -9.32. The average Bonchev–Trinajstić information content (AvgIpc) is 0.769. The van der Waals surface area contributed by atoms with Gasteiger partial charge in [-0.05, 0) is 239 Å². The lowest BCUT2D eigenvalue weighted by Gasteiger charge is -2.41. The highest BCUT2D eigenvalue weighted by Crippen LogP contribution is 2.42. The fourth-order valence-electron chi connectivity index (χ4n) is 16.0. The molecule has 2 unspecified atom stereocenters. The normalized spacial score (nSPS) is 19.5. The van der Waals surface area contributed by atoms with Crippen LogP contribution in [0.1, 0.15) is 88.2 Å². The first kappa shape index (κ1) is 71.1. The number of pyridine rings is 2. The Morgan fingerprint density at radius 2 is 0.912 bits per heavy atom. The van der Waals surface area contributed by atoms with E-state index in [9.17, 15) is 50.7 Å². The maximum atomic E-state index is 14.3. The first-order valence-electron chi connectivity index (χ1n) is 35.3. The van der Waals surface area contributed by atoms with Crippen molar-refractivity contribution in [2.24, 2.45) is 37.8 Å². The minimum Gasteiger partial charge on any atom is -0.496 e. The number of anilines is 4. The van der Waals surface area contributed by atoms with Gasteiger partial charge in [0.1, 0.15) is 35.2 Å². The van der Waals surface area contributed by atoms with Crippen molar-refractivity contribution in [1.29, 1.82) is 0 Å². The number of aromatic nitrogens is 2. The molecule has 102 heavy (non-hydrogen) atoms. The predicted molar refractivity (Wildman–Crippen MR) is 386 cm³/mol. The van der Waals surface area contributed by atoms with Gasteiger partial charge in [-0.15, -0.1) is 13.2 Å². The van der Waals surface area contributed by atoms with Crippen LogP contribution in [0, 0.1) is 35.3 Å². The molecule has 6 aliphatic heterocycles. The number of benzene rings is 6. The summed E-state index contributed by atoms with van der Waals surface area (Å²) in [6.45, 7) is 8.45. The quantitative estimate of drug-likeness (QED) is 0.0528. The van der Waals surface area contributed by atoms with Gasteiger partial charge in [0.05, 0.1) is 7.11 Å². The Morgan fingerprint density at radius 1 is 0.490 bits per heavy atom. The zero-order valence-corrected chi connectivity index (χ0v) is 58.1. The Kier molecular flexibility index (Phi) is 21.4. The molecule has 6 aliphatic rings. The summed E-state index contributed by atoms with van der Waals surface area (Å²) in [5, 5.41) is 13.4. The fraction of sp³-hybridized carbons (Fsp3) is 0.410. The molecule has 0 spiro atoms. The van der Waals surface area contributed by atoms with Crippen LogP contribution in [0.3, 0.4) is 0 Å². The van der Waals surface area contributed by atoms with Crippen LogP contribution in [0.4, 0.5) is 44.7 Å². The van der Waals surface area contributed by atoms with E-state index < -0.39 is 24.0 Å². The topological polar surface area (TPSA) is 192 Å². The smallest absolute Gasteiger partial charge is 0.496 e. The number of methoxy groups -OCH3 is 1. The van der Waals surface area contributed by atoms with Crippen LogP contribution < -0.4 is 51.7 Å². The van der Waals surface area contributed by atoms with Gasteiger partial charge in [0.2, 0.25) is 23.6 Å². The number of ether oxygens (including phenoxy) is 2. The van der Waals surface area contributed by atoms with Crippen LogP contribution in [0.25, 0.3) is 43.8 Å². The van der Waals surface area contributed by atoms with E-state index in [4.69, 9.17) is 16.3 Å². The van der Waals surface area contributed by atoms with Crippen molar-refractivity contribution < 1.29 is 50.6 Å². The number of imide groups is 2. The zero-order chi connectivity index (χ0) is 71.5. The molecule has 8 aromatic rings. The van der Waals surface area contributed by atoms with Gasteiger partial charge in [-0.3, -0.25) is 49.2 Å². The molecule has 4 N–H and O–H groups in total. The van der Waals surface area contributed by atoms with Crippen LogP contribution in [-0.4, -0.2) is 120 Å². The number of nitrogens with one attached hydrogen (secondary N) is 4. The van der Waals surface area contributed by atoms with Crippen molar-refractivity contribution in [3.05, 3.63) is 176 Å². The van der Waals surface area contributed by atoms with E-state index in [1.165, 1.54) is 76.3 Å². The van der Waals surface area contributed by atoms with Crippen molar-refractivity contribution >= 4 is 79.5 Å². The van der Waals surface area contributed by atoms with Gasteiger partial charge in [0.15, 0.2) is 0 Å². The number of piperidine rings is 6. The molecule has 18 nitrogen and oxygen atoms in total. The lowest BCUT2D eigenvalue weighted by atomic mass is 9.78. The van der Waals surface area contributed by atoms with E-state index in [-0.39, 0.29) is 51.9 Å². The SMILES string of the molecule is COc1cc(-c2cn(C)c(=O)c3ccc(F)cc23)cc(Cl)c1CN1CCC(C2CCN(c3ccc(NC4CCC(=O)NC4=O)cc3)CC2)CC1.Cn1cc(-c2ccc(CN3CCC(C4CCN(c5ccc(NC6CCC(=O)NC6=O)cc5)CC4)CC3)c(OC(F)(F)F)c2)c2cc(F)ccc2c1=O. The lowest BCUT2D eigenvalue weighted by molar-refractivity contribution is -0.275. The summed E-state index contributed by atoms with van der Waals surface area (Å²) in [5.74, 6) is 0.959. The van der Waals surface area contributed by atoms with Crippen LogP contribution in [0.2, 0.25) is 5.02 Å². The van der Waals surface area contributed by atoms with E-state index in [1.807, 2.05) is 36.4 Å². The van der Waals surface area contributed by atoms with Crippen molar-refractivity contribution in [1.82, 2.24) is 29.6 Å². The monoisotopic (exact) mass is 1420 g/mol. The Morgan fingerprint density at radius 3 is 1.34 bits per heavy atom. The third-order valence-electron chi connectivity index (χ3n) is 21.7. The molecular weight excluding hydrogens is 1340 g/mol. The summed E-state index contributed by atoms with van der Waals surface area (Å²) in [6.07, 6.45) is 8.71. The van der Waals surface area contributed by atoms with Gasteiger partial charge >= 0.3 is 6.36 Å². The molecule has 24 heteroatoms. The van der Waals surface area contributed by atoms with E-state index in [0.717, 1.165) is 125 Å². The highest BCUT2D eigenvalue weighted by Gasteiger charge is 2.36. The van der Waals surface area contributed by atoms with Crippen LogP contribution in [0.15, 0.2) is 137 Å². The molecular formula is C78H84ClF5N10O8. The van der Waals surface area contributed by atoms with Crippen molar-refractivity contribution in [2.75, 3.05) is 79.9 Å². The summed E-state index contributed by atoms with van der Waals surface area (Å²) >= 11 is 6.93.